The van der Waals surface area contributed by atoms with E-state index in [9.17, 15) is 10.4 Å². The summed E-state index contributed by atoms with van der Waals surface area (Å²) in [4.78, 5) is 13.6. The first-order valence-electron chi connectivity index (χ1n) is 10.3. The second kappa shape index (κ2) is 7.86. The summed E-state index contributed by atoms with van der Waals surface area (Å²) in [6, 6.07) is 6.02. The Labute approximate surface area is 171 Å². The van der Waals surface area contributed by atoms with Crippen LogP contribution in [0.4, 0.5) is 5.69 Å². The van der Waals surface area contributed by atoms with Gasteiger partial charge in [0.05, 0.1) is 29.1 Å². The molecule has 7 nitrogen and oxygen atoms in total. The van der Waals surface area contributed by atoms with Gasteiger partial charge >= 0.3 is 0 Å². The largest absolute Gasteiger partial charge is 0.390 e. The second-order valence-corrected chi connectivity index (χ2v) is 8.87. The van der Waals surface area contributed by atoms with E-state index in [1.165, 1.54) is 0 Å². The second-order valence-electron chi connectivity index (χ2n) is 8.87. The van der Waals surface area contributed by atoms with Gasteiger partial charge in [-0.3, -0.25) is 9.97 Å². The minimum Gasteiger partial charge on any atom is -0.390 e. The number of nitrogens with zero attached hydrogens (tertiary/aromatic N) is 5. The summed E-state index contributed by atoms with van der Waals surface area (Å²) in [5, 5.41) is 19.7. The van der Waals surface area contributed by atoms with Crippen molar-refractivity contribution in [3.8, 4) is 6.07 Å². The Kier molecular flexibility index (Phi) is 5.43. The van der Waals surface area contributed by atoms with Crippen LogP contribution in [0.1, 0.15) is 32.8 Å². The molecule has 2 fully saturated rings. The van der Waals surface area contributed by atoms with E-state index in [2.05, 4.69) is 32.8 Å². The topological polar surface area (TPSA) is 85.5 Å². The molecule has 2 aliphatic heterocycles. The van der Waals surface area contributed by atoms with Gasteiger partial charge in [-0.25, -0.2) is 0 Å². The van der Waals surface area contributed by atoms with E-state index in [0.717, 1.165) is 50.3 Å². The zero-order chi connectivity index (χ0) is 20.6. The number of nitriles is 1. The maximum Gasteiger partial charge on any atom is 0.113 e. The van der Waals surface area contributed by atoms with Gasteiger partial charge in [0.25, 0.3) is 0 Å². The maximum absolute atomic E-state index is 10.3. The van der Waals surface area contributed by atoms with Gasteiger partial charge in [0.15, 0.2) is 0 Å². The highest BCUT2D eigenvalue weighted by Crippen LogP contribution is 2.30. The third-order valence-electron chi connectivity index (χ3n) is 6.12. The number of rotatable bonds is 4. The van der Waals surface area contributed by atoms with Gasteiger partial charge in [-0.1, -0.05) is 0 Å². The molecule has 0 spiro atoms. The van der Waals surface area contributed by atoms with Gasteiger partial charge in [0, 0.05) is 44.5 Å². The average molecular weight is 396 g/mol. The molecule has 1 aromatic carbocycles. The first-order valence-corrected chi connectivity index (χ1v) is 10.3. The van der Waals surface area contributed by atoms with Crippen LogP contribution in [-0.4, -0.2) is 70.5 Å². The minimum absolute atomic E-state index is 0.0849. The van der Waals surface area contributed by atoms with Crippen LogP contribution in [0, 0.1) is 17.2 Å². The molecule has 2 aliphatic rings. The van der Waals surface area contributed by atoms with E-state index >= 15 is 0 Å². The monoisotopic (exact) mass is 395 g/mol. The molecule has 3 unspecified atom stereocenters. The van der Waals surface area contributed by atoms with Crippen LogP contribution in [0.25, 0.3) is 11.0 Å². The molecule has 1 aromatic heterocycles. The van der Waals surface area contributed by atoms with Crippen molar-refractivity contribution in [2.75, 3.05) is 37.6 Å². The number of hydrogen-bond acceptors (Lipinski definition) is 7. The van der Waals surface area contributed by atoms with Crippen LogP contribution in [0.3, 0.4) is 0 Å². The molecule has 2 aromatic rings. The lowest BCUT2D eigenvalue weighted by molar-refractivity contribution is -0.0326. The normalized spacial score (nSPS) is 26.0. The Morgan fingerprint density at radius 2 is 1.97 bits per heavy atom. The van der Waals surface area contributed by atoms with Crippen molar-refractivity contribution < 1.29 is 9.84 Å². The molecule has 0 saturated carbocycles. The van der Waals surface area contributed by atoms with Gasteiger partial charge in [0.1, 0.15) is 17.1 Å². The number of aromatic nitrogens is 2. The van der Waals surface area contributed by atoms with Crippen LogP contribution in [0.5, 0.6) is 0 Å². The molecule has 7 heteroatoms. The van der Waals surface area contributed by atoms with E-state index in [0.29, 0.717) is 17.0 Å². The van der Waals surface area contributed by atoms with Gasteiger partial charge in [-0.2, -0.15) is 5.26 Å². The molecule has 0 radical (unpaired) electrons. The lowest BCUT2D eigenvalue weighted by Crippen LogP contribution is -2.50. The van der Waals surface area contributed by atoms with Gasteiger partial charge < -0.3 is 19.6 Å². The molecule has 4 rings (SSSR count). The summed E-state index contributed by atoms with van der Waals surface area (Å²) in [5.41, 5.74) is 2.33. The number of morpholine rings is 1. The summed E-state index contributed by atoms with van der Waals surface area (Å²) in [6.07, 6.45) is 4.51. The third kappa shape index (κ3) is 4.20. The van der Waals surface area contributed by atoms with Crippen molar-refractivity contribution in [2.45, 2.75) is 45.0 Å². The van der Waals surface area contributed by atoms with E-state index < -0.39 is 5.60 Å². The van der Waals surface area contributed by atoms with Crippen LogP contribution in [0.2, 0.25) is 0 Å². The molecule has 154 valence electrons. The van der Waals surface area contributed by atoms with E-state index in [4.69, 9.17) is 4.74 Å². The number of anilines is 1. The number of fused-ring (bicyclic) bond motifs is 1. The highest BCUT2D eigenvalue weighted by atomic mass is 16.5. The van der Waals surface area contributed by atoms with Crippen LogP contribution in [-0.2, 0) is 4.74 Å². The van der Waals surface area contributed by atoms with Crippen LogP contribution >= 0.6 is 0 Å². The summed E-state index contributed by atoms with van der Waals surface area (Å²) in [5.74, 6) is 0.303. The summed E-state index contributed by atoms with van der Waals surface area (Å²) in [7, 11) is 0. The summed E-state index contributed by atoms with van der Waals surface area (Å²) >= 11 is 0. The van der Waals surface area contributed by atoms with Crippen molar-refractivity contribution >= 4 is 16.7 Å². The standard InChI is InChI=1S/C22H29N5O2/c1-15-11-27(19-5-4-16(10-23)20-21(19)25-8-7-24-20)14-18(29-15)13-26-9-6-17(12-26)22(2,3)28/h4-5,7-8,15,17-18,28H,6,9,11-14H2,1-3H3. The third-order valence-corrected chi connectivity index (χ3v) is 6.12. The molecule has 0 amide bonds. The molecule has 0 aliphatic carbocycles. The van der Waals surface area contributed by atoms with Crippen molar-refractivity contribution in [2.24, 2.45) is 5.92 Å². The lowest BCUT2D eigenvalue weighted by atomic mass is 9.90. The molecular weight excluding hydrogens is 366 g/mol. The van der Waals surface area contributed by atoms with Crippen LogP contribution in [0.15, 0.2) is 24.5 Å². The fraction of sp³-hybridized carbons (Fsp3) is 0.591. The Bertz CT molecular complexity index is 920. The molecular formula is C22H29N5O2. The first-order chi connectivity index (χ1) is 13.8. The zero-order valence-electron chi connectivity index (χ0n) is 17.4. The SMILES string of the molecule is CC1CN(c2ccc(C#N)c3nccnc23)CC(CN2CCC(C(C)(C)O)C2)O1. The zero-order valence-corrected chi connectivity index (χ0v) is 17.4. The number of aliphatic hydroxyl groups is 1. The van der Waals surface area contributed by atoms with E-state index in [-0.39, 0.29) is 12.2 Å². The van der Waals surface area contributed by atoms with Crippen LogP contribution < -0.4 is 4.90 Å². The number of ether oxygens (including phenoxy) is 1. The highest BCUT2D eigenvalue weighted by Gasteiger charge is 2.36. The molecule has 1 N–H and O–H groups in total. The van der Waals surface area contributed by atoms with E-state index in [1.807, 2.05) is 26.0 Å². The molecule has 3 heterocycles. The van der Waals surface area contributed by atoms with Gasteiger partial charge in [-0.15, -0.1) is 0 Å². The first kappa shape index (κ1) is 20.0. The fourth-order valence-corrected chi connectivity index (χ4v) is 4.59. The number of benzene rings is 1. The summed E-state index contributed by atoms with van der Waals surface area (Å²) in [6.45, 7) is 10.2. The summed E-state index contributed by atoms with van der Waals surface area (Å²) < 4.78 is 6.24. The Morgan fingerprint density at radius 1 is 1.21 bits per heavy atom. The Balaban J connectivity index is 1.52. The van der Waals surface area contributed by atoms with Gasteiger partial charge in [0.2, 0.25) is 0 Å². The maximum atomic E-state index is 10.3. The fourth-order valence-electron chi connectivity index (χ4n) is 4.59. The Hall–Kier alpha value is -2.27. The predicted molar refractivity (Wildman–Crippen MR) is 112 cm³/mol. The molecule has 2 saturated heterocycles. The molecule has 0 bridgehead atoms. The lowest BCUT2D eigenvalue weighted by Gasteiger charge is -2.39. The number of likely N-dealkylation sites (tertiary alicyclic amines) is 1. The predicted octanol–water partition coefficient (Wildman–Crippen LogP) is 2.19. The van der Waals surface area contributed by atoms with E-state index in [1.54, 1.807) is 12.4 Å². The van der Waals surface area contributed by atoms with Crippen molar-refractivity contribution in [3.05, 3.63) is 30.1 Å². The van der Waals surface area contributed by atoms with Crippen molar-refractivity contribution in [1.29, 1.82) is 5.26 Å². The Morgan fingerprint density at radius 3 is 2.66 bits per heavy atom. The van der Waals surface area contributed by atoms with Gasteiger partial charge in [-0.05, 0) is 45.9 Å². The average Bonchev–Trinajstić information content (AvgIpc) is 3.15. The molecule has 29 heavy (non-hydrogen) atoms. The minimum atomic E-state index is -0.637. The van der Waals surface area contributed by atoms with Crippen molar-refractivity contribution in [1.82, 2.24) is 14.9 Å². The molecule has 3 atom stereocenters. The quantitative estimate of drug-likeness (QED) is 0.849. The number of hydrogen-bond donors (Lipinski definition) is 1. The smallest absolute Gasteiger partial charge is 0.113 e. The van der Waals surface area contributed by atoms with Crippen molar-refractivity contribution in [3.63, 3.8) is 0 Å². The highest BCUT2D eigenvalue weighted by molar-refractivity contribution is 5.92.